The molecule has 0 saturated carbocycles. The molecule has 0 fully saturated rings. The summed E-state index contributed by atoms with van der Waals surface area (Å²) in [5, 5.41) is 17.3. The fraction of sp³-hybridized carbons (Fsp3) is 0. The largest absolute Gasteiger partial charge is 0.478 e. The Bertz CT molecular complexity index is 654. The van der Waals surface area contributed by atoms with Crippen molar-refractivity contribution in [1.82, 2.24) is 15.2 Å². The zero-order chi connectivity index (χ0) is 14.0. The Hall–Kier alpha value is -2.42. The van der Waals surface area contributed by atoms with E-state index in [2.05, 4.69) is 36.4 Å². The molecule has 0 aliphatic carbocycles. The molecule has 5 N–H and O–H groups in total. The average Bonchev–Trinajstić information content (AvgIpc) is 2.78. The maximum atomic E-state index is 11.8. The van der Waals surface area contributed by atoms with Gasteiger partial charge in [0.25, 0.3) is 5.91 Å². The van der Waals surface area contributed by atoms with Crippen LogP contribution >= 0.6 is 15.9 Å². The van der Waals surface area contributed by atoms with Crippen molar-refractivity contribution in [2.24, 2.45) is 0 Å². The molecule has 0 bridgehead atoms. The number of carboxylic acids is 1. The lowest BCUT2D eigenvalue weighted by atomic mass is 10.2. The predicted molar refractivity (Wildman–Crippen MR) is 69.8 cm³/mol. The zero-order valence-corrected chi connectivity index (χ0v) is 10.9. The van der Waals surface area contributed by atoms with E-state index in [-0.39, 0.29) is 23.0 Å². The van der Waals surface area contributed by atoms with Crippen molar-refractivity contribution in [3.05, 3.63) is 34.1 Å². The van der Waals surface area contributed by atoms with Gasteiger partial charge in [0.15, 0.2) is 0 Å². The van der Waals surface area contributed by atoms with Gasteiger partial charge in [0.2, 0.25) is 11.8 Å². The van der Waals surface area contributed by atoms with Crippen LogP contribution in [0.15, 0.2) is 22.7 Å². The Balaban J connectivity index is 2.28. The van der Waals surface area contributed by atoms with Crippen LogP contribution in [-0.2, 0) is 0 Å². The highest BCUT2D eigenvalue weighted by Gasteiger charge is 2.16. The number of hydrogen-bond acceptors (Lipinski definition) is 5. The van der Waals surface area contributed by atoms with Gasteiger partial charge < -0.3 is 16.2 Å². The van der Waals surface area contributed by atoms with Gasteiger partial charge in [-0.3, -0.25) is 9.89 Å². The van der Waals surface area contributed by atoms with Crippen molar-refractivity contribution in [3.8, 4) is 0 Å². The van der Waals surface area contributed by atoms with E-state index in [0.29, 0.717) is 4.47 Å². The Morgan fingerprint density at radius 3 is 2.74 bits per heavy atom. The van der Waals surface area contributed by atoms with Crippen molar-refractivity contribution < 1.29 is 14.7 Å². The van der Waals surface area contributed by atoms with Gasteiger partial charge in [0.1, 0.15) is 0 Å². The first kappa shape index (κ1) is 13.0. The summed E-state index contributed by atoms with van der Waals surface area (Å²) in [4.78, 5) is 26.5. The van der Waals surface area contributed by atoms with Gasteiger partial charge in [-0.1, -0.05) is 15.9 Å². The van der Waals surface area contributed by atoms with Crippen LogP contribution in [0.2, 0.25) is 0 Å². The van der Waals surface area contributed by atoms with Crippen LogP contribution in [0.5, 0.6) is 0 Å². The minimum absolute atomic E-state index is 0.0461. The number of carbonyl (C=O) groups is 2. The number of aromatic amines is 1. The summed E-state index contributed by atoms with van der Waals surface area (Å²) in [5.41, 5.74) is 5.38. The summed E-state index contributed by atoms with van der Waals surface area (Å²) < 4.78 is 0.590. The second kappa shape index (κ2) is 5.06. The van der Waals surface area contributed by atoms with Crippen LogP contribution in [0.4, 0.5) is 11.6 Å². The molecule has 2 rings (SSSR count). The van der Waals surface area contributed by atoms with Crippen LogP contribution in [-0.4, -0.2) is 32.2 Å². The third kappa shape index (κ3) is 2.88. The summed E-state index contributed by atoms with van der Waals surface area (Å²) in [7, 11) is 0. The molecule has 0 atom stereocenters. The number of carbonyl (C=O) groups excluding carboxylic acids is 1. The number of halogens is 1. The van der Waals surface area contributed by atoms with Crippen molar-refractivity contribution in [2.75, 3.05) is 11.1 Å². The number of rotatable bonds is 3. The van der Waals surface area contributed by atoms with Crippen molar-refractivity contribution in [2.45, 2.75) is 0 Å². The summed E-state index contributed by atoms with van der Waals surface area (Å²) in [6, 6.07) is 4.45. The lowest BCUT2D eigenvalue weighted by Gasteiger charge is -2.07. The molecule has 0 aliphatic heterocycles. The van der Waals surface area contributed by atoms with Gasteiger partial charge in [0.05, 0.1) is 11.3 Å². The second-order valence-corrected chi connectivity index (χ2v) is 4.41. The smallest absolute Gasteiger partial charge is 0.337 e. The first-order valence-corrected chi connectivity index (χ1v) is 5.78. The summed E-state index contributed by atoms with van der Waals surface area (Å²) >= 11 is 3.16. The molecule has 2 aromatic rings. The minimum Gasteiger partial charge on any atom is -0.478 e. The molecule has 98 valence electrons. The van der Waals surface area contributed by atoms with Gasteiger partial charge >= 0.3 is 5.97 Å². The van der Waals surface area contributed by atoms with E-state index in [1.54, 1.807) is 6.07 Å². The van der Waals surface area contributed by atoms with Gasteiger partial charge in [-0.25, -0.2) is 4.79 Å². The average molecular weight is 326 g/mol. The topological polar surface area (TPSA) is 134 Å². The third-order valence-corrected chi connectivity index (χ3v) is 2.67. The molecule has 1 amide bonds. The van der Waals surface area contributed by atoms with E-state index in [4.69, 9.17) is 10.8 Å². The number of anilines is 2. The highest BCUT2D eigenvalue weighted by Crippen LogP contribution is 2.21. The van der Waals surface area contributed by atoms with E-state index in [0.717, 1.165) is 0 Å². The number of nitrogens with one attached hydrogen (secondary N) is 2. The van der Waals surface area contributed by atoms with Crippen molar-refractivity contribution in [3.63, 3.8) is 0 Å². The number of nitrogens with two attached hydrogens (primary N) is 1. The molecule has 0 saturated heterocycles. The molecule has 1 aromatic carbocycles. The molecule has 19 heavy (non-hydrogen) atoms. The third-order valence-electron chi connectivity index (χ3n) is 2.18. The van der Waals surface area contributed by atoms with Gasteiger partial charge in [-0.2, -0.15) is 4.98 Å². The molecule has 0 spiro atoms. The normalized spacial score (nSPS) is 10.2. The van der Waals surface area contributed by atoms with Crippen LogP contribution in [0, 0.1) is 0 Å². The van der Waals surface area contributed by atoms with Gasteiger partial charge in [0, 0.05) is 4.47 Å². The fourth-order valence-electron chi connectivity index (χ4n) is 1.36. The Morgan fingerprint density at radius 1 is 1.42 bits per heavy atom. The van der Waals surface area contributed by atoms with Crippen molar-refractivity contribution in [1.29, 1.82) is 0 Å². The van der Waals surface area contributed by atoms with Crippen LogP contribution < -0.4 is 11.1 Å². The lowest BCUT2D eigenvalue weighted by molar-refractivity contribution is 0.0698. The molecule has 0 aliphatic rings. The molecule has 9 heteroatoms. The van der Waals surface area contributed by atoms with Crippen LogP contribution in [0.25, 0.3) is 0 Å². The molecule has 0 unspecified atom stereocenters. The molecule has 8 nitrogen and oxygen atoms in total. The number of nitrogen functional groups attached to an aromatic ring is 1. The second-order valence-electron chi connectivity index (χ2n) is 3.49. The van der Waals surface area contributed by atoms with E-state index in [1.165, 1.54) is 12.1 Å². The number of nitrogens with zero attached hydrogens (tertiary/aromatic N) is 2. The standard InChI is InChI=1S/C10H8BrN5O3/c11-4-1-2-6(5(3-4)9(18)19)13-8(17)7-14-10(12)16-15-7/h1-3H,(H,13,17)(H,18,19)(H3,12,14,15,16). The number of benzene rings is 1. The number of amides is 1. The molecular weight excluding hydrogens is 318 g/mol. The molecule has 1 heterocycles. The Morgan fingerprint density at radius 2 is 2.16 bits per heavy atom. The first-order valence-electron chi connectivity index (χ1n) is 4.99. The van der Waals surface area contributed by atoms with Crippen LogP contribution in [0.3, 0.4) is 0 Å². The summed E-state index contributed by atoms with van der Waals surface area (Å²) in [5.74, 6) is -1.96. The van der Waals surface area contributed by atoms with E-state index in [1.807, 2.05) is 0 Å². The number of carboxylic acid groups (broad SMARTS) is 1. The summed E-state index contributed by atoms with van der Waals surface area (Å²) in [6.45, 7) is 0. The van der Waals surface area contributed by atoms with E-state index in [9.17, 15) is 9.59 Å². The number of aromatic nitrogens is 3. The quantitative estimate of drug-likeness (QED) is 0.667. The summed E-state index contributed by atoms with van der Waals surface area (Å²) in [6.07, 6.45) is 0. The number of hydrogen-bond donors (Lipinski definition) is 4. The van der Waals surface area contributed by atoms with Crippen LogP contribution in [0.1, 0.15) is 21.0 Å². The monoisotopic (exact) mass is 325 g/mol. The zero-order valence-electron chi connectivity index (χ0n) is 9.35. The molecular formula is C10H8BrN5O3. The highest BCUT2D eigenvalue weighted by atomic mass is 79.9. The van der Waals surface area contributed by atoms with Gasteiger partial charge in [-0.15, -0.1) is 5.10 Å². The Kier molecular flexibility index (Phi) is 3.47. The molecule has 0 radical (unpaired) electrons. The Labute approximate surface area is 115 Å². The van der Waals surface area contributed by atoms with E-state index >= 15 is 0 Å². The number of H-pyrrole nitrogens is 1. The highest BCUT2D eigenvalue weighted by molar-refractivity contribution is 9.10. The minimum atomic E-state index is -1.16. The van der Waals surface area contributed by atoms with Gasteiger partial charge in [-0.05, 0) is 18.2 Å². The number of aromatic carboxylic acids is 1. The molecule has 1 aromatic heterocycles. The predicted octanol–water partition coefficient (Wildman–Crippen LogP) is 1.10. The van der Waals surface area contributed by atoms with E-state index < -0.39 is 11.9 Å². The SMILES string of the molecule is Nc1n[nH]c(C(=O)Nc2ccc(Br)cc2C(=O)O)n1. The maximum Gasteiger partial charge on any atom is 0.337 e. The fourth-order valence-corrected chi connectivity index (χ4v) is 1.72. The lowest BCUT2D eigenvalue weighted by Crippen LogP contribution is -2.16. The van der Waals surface area contributed by atoms with Crippen molar-refractivity contribution >= 4 is 39.4 Å². The maximum absolute atomic E-state index is 11.8. The first-order chi connectivity index (χ1) is 8.97.